The molecule has 23 heavy (non-hydrogen) atoms. The molecule has 122 valence electrons. The zero-order valence-electron chi connectivity index (χ0n) is 13.1. The van der Waals surface area contributed by atoms with Gasteiger partial charge in [-0.3, -0.25) is 9.59 Å². The summed E-state index contributed by atoms with van der Waals surface area (Å²) in [5, 5.41) is 7.42. The zero-order chi connectivity index (χ0) is 17.2. The summed E-state index contributed by atoms with van der Waals surface area (Å²) in [4.78, 5) is 27.6. The van der Waals surface area contributed by atoms with E-state index in [1.807, 2.05) is 0 Å². The average Bonchev–Trinajstić information content (AvgIpc) is 2.87. The second kappa shape index (κ2) is 6.37. The van der Waals surface area contributed by atoms with E-state index in [0.29, 0.717) is 10.8 Å². The van der Waals surface area contributed by atoms with Crippen molar-refractivity contribution in [1.82, 2.24) is 20.1 Å². The second-order valence-electron chi connectivity index (χ2n) is 5.80. The van der Waals surface area contributed by atoms with Crippen molar-refractivity contribution in [2.45, 2.75) is 20.8 Å². The van der Waals surface area contributed by atoms with Crippen molar-refractivity contribution in [2.24, 2.45) is 11.1 Å². The monoisotopic (exact) mass is 335 g/mol. The van der Waals surface area contributed by atoms with Crippen molar-refractivity contribution in [2.75, 3.05) is 6.54 Å². The molecule has 1 heterocycles. The summed E-state index contributed by atoms with van der Waals surface area (Å²) in [6.45, 7) is 5.16. The number of nitrogens with one attached hydrogen (secondary N) is 1. The molecule has 1 aromatic heterocycles. The van der Waals surface area contributed by atoms with Gasteiger partial charge in [-0.2, -0.15) is 0 Å². The van der Waals surface area contributed by atoms with Crippen LogP contribution in [0.15, 0.2) is 24.3 Å². The van der Waals surface area contributed by atoms with Gasteiger partial charge in [0.15, 0.2) is 0 Å². The van der Waals surface area contributed by atoms with Crippen LogP contribution in [0.4, 0.5) is 0 Å². The summed E-state index contributed by atoms with van der Waals surface area (Å²) in [6.07, 6.45) is 0. The molecule has 0 aliphatic carbocycles. The minimum Gasteiger partial charge on any atom is -0.369 e. The minimum absolute atomic E-state index is 0.0257. The highest BCUT2D eigenvalue weighted by Crippen LogP contribution is 2.15. The molecule has 2 amide bonds. The smallest absolute Gasteiger partial charge is 0.291 e. The van der Waals surface area contributed by atoms with Crippen LogP contribution in [0.3, 0.4) is 0 Å². The van der Waals surface area contributed by atoms with E-state index < -0.39 is 17.2 Å². The van der Waals surface area contributed by atoms with Crippen molar-refractivity contribution >= 4 is 23.4 Å². The van der Waals surface area contributed by atoms with E-state index in [9.17, 15) is 9.59 Å². The Hall–Kier alpha value is -2.41. The minimum atomic E-state index is -0.844. The number of nitrogens with zero attached hydrogens (tertiary/aromatic N) is 3. The van der Waals surface area contributed by atoms with E-state index in [4.69, 9.17) is 17.3 Å². The Morgan fingerprint density at radius 2 is 1.91 bits per heavy atom. The number of aryl methyl sites for hydroxylation is 1. The number of halogens is 1. The Balaban J connectivity index is 2.16. The van der Waals surface area contributed by atoms with Crippen molar-refractivity contribution in [1.29, 1.82) is 0 Å². The van der Waals surface area contributed by atoms with E-state index in [1.54, 1.807) is 49.7 Å². The first kappa shape index (κ1) is 17.0. The summed E-state index contributed by atoms with van der Waals surface area (Å²) in [7, 11) is 0. The molecular formula is C15H18ClN5O2. The molecule has 1 aromatic carbocycles. The zero-order valence-corrected chi connectivity index (χ0v) is 13.9. The molecule has 0 aliphatic heterocycles. The number of nitrogens with two attached hydrogens (primary N) is 1. The van der Waals surface area contributed by atoms with E-state index in [-0.39, 0.29) is 12.4 Å². The van der Waals surface area contributed by atoms with E-state index in [1.165, 1.54) is 0 Å². The highest BCUT2D eigenvalue weighted by Gasteiger charge is 2.26. The van der Waals surface area contributed by atoms with Gasteiger partial charge in [0.25, 0.3) is 5.91 Å². The summed E-state index contributed by atoms with van der Waals surface area (Å²) in [6, 6.07) is 7.02. The van der Waals surface area contributed by atoms with Crippen LogP contribution in [0, 0.1) is 12.3 Å². The molecule has 0 bridgehead atoms. The Labute approximate surface area is 138 Å². The van der Waals surface area contributed by atoms with Gasteiger partial charge in [-0.1, -0.05) is 11.6 Å². The molecule has 3 N–H and O–H groups in total. The van der Waals surface area contributed by atoms with E-state index in [0.717, 1.165) is 5.69 Å². The highest BCUT2D eigenvalue weighted by molar-refractivity contribution is 6.30. The number of rotatable bonds is 5. The molecule has 0 saturated carbocycles. The number of carbonyl (C=O) groups excluding carboxylic acids is 2. The third-order valence-electron chi connectivity index (χ3n) is 3.40. The topological polar surface area (TPSA) is 103 Å². The Bertz CT molecular complexity index is 737. The number of aromatic nitrogens is 3. The number of primary amides is 1. The normalized spacial score (nSPS) is 11.3. The molecule has 8 heteroatoms. The van der Waals surface area contributed by atoms with Crippen LogP contribution in [0.25, 0.3) is 5.69 Å². The summed E-state index contributed by atoms with van der Waals surface area (Å²) in [5.74, 6) is -0.367. The first-order valence-corrected chi connectivity index (χ1v) is 7.36. The number of benzene rings is 1. The SMILES string of the molecule is Cc1nc(C(=O)NCC(C)(C)C(N)=O)nn1-c1ccc(Cl)cc1. The molecule has 0 atom stereocenters. The van der Waals surface area contributed by atoms with Gasteiger partial charge in [0.1, 0.15) is 5.82 Å². The second-order valence-corrected chi connectivity index (χ2v) is 6.24. The number of amides is 2. The van der Waals surface area contributed by atoms with Gasteiger partial charge in [0, 0.05) is 11.6 Å². The standard InChI is InChI=1S/C15H18ClN5O2/c1-9-19-12(13(22)18-8-15(2,3)14(17)23)20-21(9)11-6-4-10(16)5-7-11/h4-7H,8H2,1-3H3,(H2,17,23)(H,18,22). The molecule has 0 aliphatic rings. The first-order chi connectivity index (χ1) is 10.7. The molecule has 2 aromatic rings. The lowest BCUT2D eigenvalue weighted by Crippen LogP contribution is -2.42. The van der Waals surface area contributed by atoms with Crippen molar-refractivity contribution in [3.05, 3.63) is 40.9 Å². The van der Waals surface area contributed by atoms with Gasteiger partial charge < -0.3 is 11.1 Å². The third-order valence-corrected chi connectivity index (χ3v) is 3.65. The van der Waals surface area contributed by atoms with Crippen molar-refractivity contribution < 1.29 is 9.59 Å². The lowest BCUT2D eigenvalue weighted by Gasteiger charge is -2.20. The predicted molar refractivity (Wildman–Crippen MR) is 86.4 cm³/mol. The fraction of sp³-hybridized carbons (Fsp3) is 0.333. The molecule has 0 saturated heterocycles. The number of carbonyl (C=O) groups is 2. The third kappa shape index (κ3) is 3.87. The van der Waals surface area contributed by atoms with E-state index >= 15 is 0 Å². The number of hydrogen-bond donors (Lipinski definition) is 2. The Morgan fingerprint density at radius 3 is 2.48 bits per heavy atom. The fourth-order valence-electron chi connectivity index (χ4n) is 1.78. The first-order valence-electron chi connectivity index (χ1n) is 6.98. The molecule has 2 rings (SSSR count). The van der Waals surface area contributed by atoms with Gasteiger partial charge in [0.2, 0.25) is 11.7 Å². The molecule has 0 radical (unpaired) electrons. The van der Waals surface area contributed by atoms with Crippen LogP contribution >= 0.6 is 11.6 Å². The molecular weight excluding hydrogens is 318 g/mol. The van der Waals surface area contributed by atoms with Crippen LogP contribution < -0.4 is 11.1 Å². The van der Waals surface area contributed by atoms with Crippen LogP contribution in [0.2, 0.25) is 5.02 Å². The van der Waals surface area contributed by atoms with Crippen molar-refractivity contribution in [3.8, 4) is 5.69 Å². The Morgan fingerprint density at radius 1 is 1.30 bits per heavy atom. The van der Waals surface area contributed by atoms with E-state index in [2.05, 4.69) is 15.4 Å². The average molecular weight is 336 g/mol. The maximum atomic E-state index is 12.1. The van der Waals surface area contributed by atoms with Crippen LogP contribution in [0.1, 0.15) is 30.3 Å². The maximum Gasteiger partial charge on any atom is 0.291 e. The van der Waals surface area contributed by atoms with Gasteiger partial charge in [-0.05, 0) is 45.0 Å². The van der Waals surface area contributed by atoms with Gasteiger partial charge >= 0.3 is 0 Å². The molecule has 7 nitrogen and oxygen atoms in total. The van der Waals surface area contributed by atoms with Gasteiger partial charge in [-0.25, -0.2) is 9.67 Å². The molecule has 0 spiro atoms. The summed E-state index contributed by atoms with van der Waals surface area (Å²) < 4.78 is 1.55. The van der Waals surface area contributed by atoms with Crippen LogP contribution in [-0.2, 0) is 4.79 Å². The lowest BCUT2D eigenvalue weighted by molar-refractivity contribution is -0.125. The highest BCUT2D eigenvalue weighted by atomic mass is 35.5. The maximum absolute atomic E-state index is 12.1. The summed E-state index contributed by atoms with van der Waals surface area (Å²) >= 11 is 5.86. The van der Waals surface area contributed by atoms with Crippen LogP contribution in [0.5, 0.6) is 0 Å². The molecule has 0 unspecified atom stereocenters. The predicted octanol–water partition coefficient (Wildman–Crippen LogP) is 1.47. The quantitative estimate of drug-likeness (QED) is 0.863. The van der Waals surface area contributed by atoms with Crippen molar-refractivity contribution in [3.63, 3.8) is 0 Å². The van der Waals surface area contributed by atoms with Gasteiger partial charge in [-0.15, -0.1) is 5.10 Å². The summed E-state index contributed by atoms with van der Waals surface area (Å²) in [5.41, 5.74) is 5.18. The number of hydrogen-bond acceptors (Lipinski definition) is 4. The largest absolute Gasteiger partial charge is 0.369 e. The Kier molecular flexibility index (Phi) is 4.70. The van der Waals surface area contributed by atoms with Gasteiger partial charge in [0.05, 0.1) is 11.1 Å². The fourth-order valence-corrected chi connectivity index (χ4v) is 1.91. The lowest BCUT2D eigenvalue weighted by atomic mass is 9.93. The molecule has 0 fully saturated rings. The van der Waals surface area contributed by atoms with Crippen LogP contribution in [-0.4, -0.2) is 33.1 Å².